The third-order valence-electron chi connectivity index (χ3n) is 5.84. The molecule has 1 amide bonds. The zero-order valence-corrected chi connectivity index (χ0v) is 17.0. The predicted molar refractivity (Wildman–Crippen MR) is 110 cm³/mol. The lowest BCUT2D eigenvalue weighted by Gasteiger charge is -2.33. The SMILES string of the molecule is CCN(C[C@H]1CC[C@H](n2c([C@@H](C)O)nc3cnc4ccsc4c32)CC1)C(=O)O. The van der Waals surface area contributed by atoms with E-state index in [0.29, 0.717) is 24.8 Å². The van der Waals surface area contributed by atoms with Crippen LogP contribution < -0.4 is 0 Å². The molecule has 0 aliphatic heterocycles. The van der Waals surface area contributed by atoms with Gasteiger partial charge in [0, 0.05) is 19.1 Å². The van der Waals surface area contributed by atoms with Gasteiger partial charge in [-0.3, -0.25) is 4.98 Å². The first-order chi connectivity index (χ1) is 13.5. The van der Waals surface area contributed by atoms with Crippen LogP contribution in [0.4, 0.5) is 4.79 Å². The number of aliphatic hydroxyl groups is 1. The molecule has 3 aromatic heterocycles. The van der Waals surface area contributed by atoms with Crippen LogP contribution in [0.5, 0.6) is 0 Å². The molecule has 1 aliphatic carbocycles. The van der Waals surface area contributed by atoms with Gasteiger partial charge in [0.2, 0.25) is 0 Å². The first-order valence-corrected chi connectivity index (χ1v) is 10.8. The van der Waals surface area contributed by atoms with Crippen molar-refractivity contribution in [1.82, 2.24) is 19.4 Å². The number of aromatic nitrogens is 3. The van der Waals surface area contributed by atoms with E-state index in [1.54, 1.807) is 24.5 Å². The van der Waals surface area contributed by atoms with Crippen LogP contribution in [0.15, 0.2) is 17.6 Å². The molecule has 0 aromatic carbocycles. The topological polar surface area (TPSA) is 91.5 Å². The van der Waals surface area contributed by atoms with Crippen molar-refractivity contribution in [1.29, 1.82) is 0 Å². The third kappa shape index (κ3) is 3.35. The number of rotatable bonds is 5. The van der Waals surface area contributed by atoms with Gasteiger partial charge in [-0.05, 0) is 56.9 Å². The summed E-state index contributed by atoms with van der Waals surface area (Å²) in [7, 11) is 0. The monoisotopic (exact) mass is 402 g/mol. The van der Waals surface area contributed by atoms with Gasteiger partial charge in [-0.2, -0.15) is 0 Å². The lowest BCUT2D eigenvalue weighted by atomic mass is 9.85. The van der Waals surface area contributed by atoms with E-state index in [9.17, 15) is 15.0 Å². The first-order valence-electron chi connectivity index (χ1n) is 9.89. The molecule has 1 aliphatic rings. The minimum absolute atomic E-state index is 0.262. The number of carbonyl (C=O) groups is 1. The molecule has 1 saturated carbocycles. The predicted octanol–water partition coefficient (Wildman–Crippen LogP) is 4.43. The Kier molecular flexibility index (Phi) is 5.25. The maximum absolute atomic E-state index is 11.3. The molecule has 1 atom stereocenters. The number of nitrogens with zero attached hydrogens (tertiary/aromatic N) is 4. The van der Waals surface area contributed by atoms with Crippen molar-refractivity contribution in [3.05, 3.63) is 23.5 Å². The fourth-order valence-corrected chi connectivity index (χ4v) is 5.29. The van der Waals surface area contributed by atoms with Crippen molar-refractivity contribution >= 4 is 38.7 Å². The van der Waals surface area contributed by atoms with E-state index in [0.717, 1.165) is 46.9 Å². The van der Waals surface area contributed by atoms with Crippen LogP contribution in [-0.2, 0) is 0 Å². The van der Waals surface area contributed by atoms with Crippen LogP contribution >= 0.6 is 11.3 Å². The molecular weight excluding hydrogens is 376 g/mol. The molecule has 0 unspecified atom stereocenters. The van der Waals surface area contributed by atoms with Crippen molar-refractivity contribution in [2.24, 2.45) is 5.92 Å². The summed E-state index contributed by atoms with van der Waals surface area (Å²) in [6.45, 7) is 4.77. The molecule has 3 heterocycles. The van der Waals surface area contributed by atoms with Crippen molar-refractivity contribution < 1.29 is 15.0 Å². The maximum atomic E-state index is 11.3. The Morgan fingerprint density at radius 1 is 1.36 bits per heavy atom. The molecule has 0 radical (unpaired) electrons. The summed E-state index contributed by atoms with van der Waals surface area (Å²) < 4.78 is 3.34. The van der Waals surface area contributed by atoms with Gasteiger partial charge in [-0.1, -0.05) is 0 Å². The van der Waals surface area contributed by atoms with Gasteiger partial charge in [0.1, 0.15) is 17.4 Å². The molecule has 2 N–H and O–H groups in total. The molecule has 28 heavy (non-hydrogen) atoms. The van der Waals surface area contributed by atoms with Gasteiger partial charge in [0.15, 0.2) is 0 Å². The number of fused-ring (bicyclic) bond motifs is 3. The fraction of sp³-hybridized carbons (Fsp3) is 0.550. The normalized spacial score (nSPS) is 21.2. The van der Waals surface area contributed by atoms with E-state index in [1.807, 2.05) is 18.4 Å². The van der Waals surface area contributed by atoms with Gasteiger partial charge >= 0.3 is 6.09 Å². The molecule has 8 heteroatoms. The van der Waals surface area contributed by atoms with Gasteiger partial charge in [-0.25, -0.2) is 9.78 Å². The number of hydrogen-bond donors (Lipinski definition) is 2. The second-order valence-corrected chi connectivity index (χ2v) is 8.55. The summed E-state index contributed by atoms with van der Waals surface area (Å²) >= 11 is 1.66. The molecule has 4 rings (SSSR count). The molecule has 0 saturated heterocycles. The van der Waals surface area contributed by atoms with Crippen LogP contribution in [0.25, 0.3) is 21.3 Å². The molecule has 3 aromatic rings. The van der Waals surface area contributed by atoms with E-state index < -0.39 is 12.2 Å². The zero-order chi connectivity index (χ0) is 19.8. The smallest absolute Gasteiger partial charge is 0.407 e. The first kappa shape index (κ1) is 19.1. The van der Waals surface area contributed by atoms with E-state index in [1.165, 1.54) is 4.90 Å². The lowest BCUT2D eigenvalue weighted by molar-refractivity contribution is 0.129. The molecule has 1 fully saturated rings. The summed E-state index contributed by atoms with van der Waals surface area (Å²) in [5, 5.41) is 21.7. The van der Waals surface area contributed by atoms with Gasteiger partial charge in [0.05, 0.1) is 21.9 Å². The summed E-state index contributed by atoms with van der Waals surface area (Å²) in [6, 6.07) is 2.28. The van der Waals surface area contributed by atoms with Crippen LogP contribution in [-0.4, -0.2) is 48.8 Å². The van der Waals surface area contributed by atoms with Crippen molar-refractivity contribution in [2.45, 2.75) is 51.7 Å². The maximum Gasteiger partial charge on any atom is 0.407 e. The molecule has 0 bridgehead atoms. The van der Waals surface area contributed by atoms with Crippen LogP contribution in [0.1, 0.15) is 57.5 Å². The Balaban J connectivity index is 1.63. The van der Waals surface area contributed by atoms with Gasteiger partial charge in [0.25, 0.3) is 0 Å². The van der Waals surface area contributed by atoms with E-state index in [-0.39, 0.29) is 6.04 Å². The highest BCUT2D eigenvalue weighted by molar-refractivity contribution is 7.18. The number of hydrogen-bond acceptors (Lipinski definition) is 5. The molecule has 0 spiro atoms. The highest BCUT2D eigenvalue weighted by Crippen LogP contribution is 2.39. The average molecular weight is 403 g/mol. The Bertz CT molecular complexity index is 988. The average Bonchev–Trinajstić information content (AvgIpc) is 3.30. The quantitative estimate of drug-likeness (QED) is 0.659. The zero-order valence-electron chi connectivity index (χ0n) is 16.2. The summed E-state index contributed by atoms with van der Waals surface area (Å²) in [4.78, 5) is 22.0. The van der Waals surface area contributed by atoms with Gasteiger partial charge < -0.3 is 19.7 Å². The fourth-order valence-electron chi connectivity index (χ4n) is 4.40. The Hall–Kier alpha value is -2.19. The van der Waals surface area contributed by atoms with Crippen LogP contribution in [0.2, 0.25) is 0 Å². The number of carboxylic acid groups (broad SMARTS) is 1. The number of pyridine rings is 1. The number of amides is 1. The Labute approximate surface area is 167 Å². The summed E-state index contributed by atoms with van der Waals surface area (Å²) in [5.74, 6) is 1.09. The lowest BCUT2D eigenvalue weighted by Crippen LogP contribution is -2.35. The van der Waals surface area contributed by atoms with E-state index >= 15 is 0 Å². The highest BCUT2D eigenvalue weighted by atomic mass is 32.1. The van der Waals surface area contributed by atoms with Crippen molar-refractivity contribution in [2.75, 3.05) is 13.1 Å². The van der Waals surface area contributed by atoms with Crippen molar-refractivity contribution in [3.8, 4) is 0 Å². The number of imidazole rings is 1. The van der Waals surface area contributed by atoms with Crippen molar-refractivity contribution in [3.63, 3.8) is 0 Å². The minimum atomic E-state index is -0.839. The second kappa shape index (κ2) is 7.67. The van der Waals surface area contributed by atoms with E-state index in [4.69, 9.17) is 4.98 Å². The standard InChI is InChI=1S/C20H26N4O3S/c1-3-23(20(26)27)11-13-4-6-14(7-5-13)24-17-16(22-19(24)12(2)25)10-21-15-8-9-28-18(15)17/h8-10,12-14,25H,3-7,11H2,1-2H3,(H,26,27)/t12-,13-,14-/m1/s1. The Morgan fingerprint density at radius 2 is 2.11 bits per heavy atom. The van der Waals surface area contributed by atoms with E-state index in [2.05, 4.69) is 9.55 Å². The third-order valence-corrected chi connectivity index (χ3v) is 6.75. The van der Waals surface area contributed by atoms with Gasteiger partial charge in [-0.15, -0.1) is 11.3 Å². The largest absolute Gasteiger partial charge is 0.465 e. The second-order valence-electron chi connectivity index (χ2n) is 7.64. The molecule has 7 nitrogen and oxygen atoms in total. The number of thiophene rings is 1. The van der Waals surface area contributed by atoms with Crippen LogP contribution in [0.3, 0.4) is 0 Å². The highest BCUT2D eigenvalue weighted by Gasteiger charge is 2.29. The van der Waals surface area contributed by atoms with Crippen LogP contribution in [0, 0.1) is 5.92 Å². The summed E-state index contributed by atoms with van der Waals surface area (Å²) in [5.41, 5.74) is 2.86. The Morgan fingerprint density at radius 3 is 2.75 bits per heavy atom. The summed E-state index contributed by atoms with van der Waals surface area (Å²) in [6.07, 6.45) is 4.18. The molecule has 150 valence electrons. The number of aliphatic hydroxyl groups excluding tert-OH is 1. The minimum Gasteiger partial charge on any atom is -0.465 e. The molecular formula is C20H26N4O3S.